The maximum absolute atomic E-state index is 5.68. The van der Waals surface area contributed by atoms with Gasteiger partial charge in [-0.2, -0.15) is 0 Å². The van der Waals surface area contributed by atoms with Gasteiger partial charge in [-0.3, -0.25) is 9.88 Å². The molecule has 0 aromatic carbocycles. The lowest BCUT2D eigenvalue weighted by Crippen LogP contribution is -2.44. The summed E-state index contributed by atoms with van der Waals surface area (Å²) in [6.45, 7) is 6.62. The number of rotatable bonds is 4. The van der Waals surface area contributed by atoms with Crippen molar-refractivity contribution in [2.75, 3.05) is 33.3 Å². The Balaban J connectivity index is 1.79. The molecule has 0 radical (unpaired) electrons. The quantitative estimate of drug-likeness (QED) is 0.838. The van der Waals surface area contributed by atoms with Gasteiger partial charge in [0.05, 0.1) is 18.4 Å². The molecule has 1 unspecified atom stereocenters. The molecule has 1 aromatic rings. The fourth-order valence-electron chi connectivity index (χ4n) is 2.02. The third-order valence-corrected chi connectivity index (χ3v) is 2.92. The summed E-state index contributed by atoms with van der Waals surface area (Å²) in [5.41, 5.74) is 2.32. The summed E-state index contributed by atoms with van der Waals surface area (Å²) in [6.07, 6.45) is 2.22. The number of ether oxygens (including phenoxy) is 1. The summed E-state index contributed by atoms with van der Waals surface area (Å²) in [4.78, 5) is 6.67. The Morgan fingerprint density at radius 3 is 3.06 bits per heavy atom. The molecule has 1 aliphatic rings. The molecule has 4 nitrogen and oxygen atoms in total. The van der Waals surface area contributed by atoms with E-state index in [0.717, 1.165) is 38.5 Å². The minimum Gasteiger partial charge on any atom is -0.374 e. The van der Waals surface area contributed by atoms with E-state index in [1.54, 1.807) is 0 Å². The second-order valence-corrected chi connectivity index (χ2v) is 4.72. The zero-order valence-electron chi connectivity index (χ0n) is 10.6. The number of aromatic nitrogens is 1. The number of nitrogens with zero attached hydrogens (tertiary/aromatic N) is 2. The predicted molar refractivity (Wildman–Crippen MR) is 67.9 cm³/mol. The lowest BCUT2D eigenvalue weighted by Gasteiger charge is -2.27. The lowest BCUT2D eigenvalue weighted by molar-refractivity contribution is 0.00868. The van der Waals surface area contributed by atoms with Crippen LogP contribution in [0.25, 0.3) is 0 Å². The highest BCUT2D eigenvalue weighted by Crippen LogP contribution is 2.04. The predicted octanol–water partition coefficient (Wildman–Crippen LogP) is 0.810. The Kier molecular flexibility index (Phi) is 4.48. The van der Waals surface area contributed by atoms with Crippen molar-refractivity contribution in [2.24, 2.45) is 0 Å². The number of hydrogen-bond acceptors (Lipinski definition) is 4. The molecule has 2 heterocycles. The Morgan fingerprint density at radius 2 is 2.41 bits per heavy atom. The van der Waals surface area contributed by atoms with E-state index in [9.17, 15) is 0 Å². The molecular weight excluding hydrogens is 214 g/mol. The van der Waals surface area contributed by atoms with Crippen LogP contribution in [0.5, 0.6) is 0 Å². The van der Waals surface area contributed by atoms with Crippen LogP contribution in [0.4, 0.5) is 0 Å². The molecule has 0 spiro atoms. The minimum absolute atomic E-state index is 0.305. The van der Waals surface area contributed by atoms with Crippen LogP contribution in [-0.2, 0) is 11.3 Å². The van der Waals surface area contributed by atoms with Crippen molar-refractivity contribution < 1.29 is 4.74 Å². The molecule has 17 heavy (non-hydrogen) atoms. The second kappa shape index (κ2) is 6.10. The summed E-state index contributed by atoms with van der Waals surface area (Å²) >= 11 is 0. The van der Waals surface area contributed by atoms with Gasteiger partial charge in [0.1, 0.15) is 0 Å². The zero-order chi connectivity index (χ0) is 12.1. The molecule has 0 amide bonds. The molecule has 2 rings (SSSR count). The van der Waals surface area contributed by atoms with Crippen LogP contribution in [-0.4, -0.2) is 49.3 Å². The minimum atomic E-state index is 0.305. The second-order valence-electron chi connectivity index (χ2n) is 4.72. The Morgan fingerprint density at radius 1 is 1.53 bits per heavy atom. The van der Waals surface area contributed by atoms with E-state index in [1.165, 1.54) is 5.56 Å². The van der Waals surface area contributed by atoms with Gasteiger partial charge in [0.2, 0.25) is 0 Å². The molecule has 1 fully saturated rings. The maximum atomic E-state index is 5.68. The van der Waals surface area contributed by atoms with Gasteiger partial charge in [-0.05, 0) is 25.6 Å². The van der Waals surface area contributed by atoms with E-state index in [-0.39, 0.29) is 0 Å². The first-order valence-corrected chi connectivity index (χ1v) is 6.16. The number of nitrogens with one attached hydrogen (secondary N) is 1. The van der Waals surface area contributed by atoms with Crippen LogP contribution in [0, 0.1) is 6.92 Å². The molecule has 1 aliphatic heterocycles. The van der Waals surface area contributed by atoms with Gasteiger partial charge in [0, 0.05) is 32.4 Å². The van der Waals surface area contributed by atoms with Crippen molar-refractivity contribution >= 4 is 0 Å². The van der Waals surface area contributed by atoms with Crippen molar-refractivity contribution in [3.8, 4) is 0 Å². The standard InChI is InChI=1S/C13H21N3O/c1-11-3-4-12(15-7-11)9-16(2)10-13-8-14-5-6-17-13/h3-4,7,13-14H,5-6,8-10H2,1-2H3. The molecule has 0 bridgehead atoms. The molecule has 1 aromatic heterocycles. The fourth-order valence-corrected chi connectivity index (χ4v) is 2.02. The van der Waals surface area contributed by atoms with Crippen LogP contribution in [0.3, 0.4) is 0 Å². The van der Waals surface area contributed by atoms with E-state index >= 15 is 0 Å². The van der Waals surface area contributed by atoms with Crippen LogP contribution >= 0.6 is 0 Å². The zero-order valence-corrected chi connectivity index (χ0v) is 10.6. The highest BCUT2D eigenvalue weighted by atomic mass is 16.5. The van der Waals surface area contributed by atoms with Gasteiger partial charge in [0.25, 0.3) is 0 Å². The summed E-state index contributed by atoms with van der Waals surface area (Å²) in [7, 11) is 2.11. The molecule has 1 saturated heterocycles. The van der Waals surface area contributed by atoms with Gasteiger partial charge >= 0.3 is 0 Å². The van der Waals surface area contributed by atoms with E-state index in [2.05, 4.69) is 41.3 Å². The Bertz CT molecular complexity index is 333. The van der Waals surface area contributed by atoms with Gasteiger partial charge in [-0.25, -0.2) is 0 Å². The van der Waals surface area contributed by atoms with Crippen molar-refractivity contribution in [3.63, 3.8) is 0 Å². The van der Waals surface area contributed by atoms with E-state index in [4.69, 9.17) is 4.74 Å². The number of morpholine rings is 1. The highest BCUT2D eigenvalue weighted by Gasteiger charge is 2.15. The smallest absolute Gasteiger partial charge is 0.0826 e. The van der Waals surface area contributed by atoms with E-state index in [0.29, 0.717) is 6.10 Å². The maximum Gasteiger partial charge on any atom is 0.0826 e. The van der Waals surface area contributed by atoms with Crippen LogP contribution in [0.1, 0.15) is 11.3 Å². The normalized spacial score (nSPS) is 20.8. The largest absolute Gasteiger partial charge is 0.374 e. The van der Waals surface area contributed by atoms with Crippen molar-refractivity contribution in [2.45, 2.75) is 19.6 Å². The monoisotopic (exact) mass is 235 g/mol. The highest BCUT2D eigenvalue weighted by molar-refractivity contribution is 5.11. The summed E-state index contributed by atoms with van der Waals surface area (Å²) in [6, 6.07) is 4.20. The molecule has 1 atom stereocenters. The van der Waals surface area contributed by atoms with E-state index < -0.39 is 0 Å². The molecule has 1 N–H and O–H groups in total. The van der Waals surface area contributed by atoms with Crippen LogP contribution in [0.2, 0.25) is 0 Å². The van der Waals surface area contributed by atoms with Crippen LogP contribution < -0.4 is 5.32 Å². The first kappa shape index (κ1) is 12.5. The van der Waals surface area contributed by atoms with Crippen molar-refractivity contribution in [1.82, 2.24) is 15.2 Å². The van der Waals surface area contributed by atoms with Crippen molar-refractivity contribution in [1.29, 1.82) is 0 Å². The third kappa shape index (κ3) is 4.07. The number of hydrogen-bond donors (Lipinski definition) is 1. The summed E-state index contributed by atoms with van der Waals surface area (Å²) in [5.74, 6) is 0. The number of aryl methyl sites for hydroxylation is 1. The molecule has 0 saturated carbocycles. The van der Waals surface area contributed by atoms with Crippen molar-refractivity contribution in [3.05, 3.63) is 29.6 Å². The summed E-state index contributed by atoms with van der Waals surface area (Å²) in [5, 5.41) is 3.34. The first-order chi connectivity index (χ1) is 8.24. The van der Waals surface area contributed by atoms with Gasteiger partial charge in [-0.15, -0.1) is 0 Å². The fraction of sp³-hybridized carbons (Fsp3) is 0.615. The molecule has 94 valence electrons. The average molecular weight is 235 g/mol. The first-order valence-electron chi connectivity index (χ1n) is 6.16. The number of likely N-dealkylation sites (N-methyl/N-ethyl adjacent to an activating group) is 1. The van der Waals surface area contributed by atoms with Gasteiger partial charge in [0.15, 0.2) is 0 Å². The van der Waals surface area contributed by atoms with Gasteiger partial charge < -0.3 is 10.1 Å². The average Bonchev–Trinajstić information content (AvgIpc) is 2.33. The summed E-state index contributed by atoms with van der Waals surface area (Å²) < 4.78 is 5.68. The topological polar surface area (TPSA) is 37.4 Å². The number of pyridine rings is 1. The molecule has 4 heteroatoms. The van der Waals surface area contributed by atoms with Crippen LogP contribution in [0.15, 0.2) is 18.3 Å². The lowest BCUT2D eigenvalue weighted by atomic mass is 10.2. The third-order valence-electron chi connectivity index (χ3n) is 2.92. The Labute approximate surface area is 103 Å². The molecular formula is C13H21N3O. The molecule has 0 aliphatic carbocycles. The van der Waals surface area contributed by atoms with E-state index in [1.807, 2.05) is 6.20 Å². The Hall–Kier alpha value is -0.970. The SMILES string of the molecule is Cc1ccc(CN(C)CC2CNCCO2)nc1. The van der Waals surface area contributed by atoms with Gasteiger partial charge in [-0.1, -0.05) is 6.07 Å².